The van der Waals surface area contributed by atoms with Crippen LogP contribution in [0.3, 0.4) is 0 Å². The molecular weight excluding hydrogens is 512 g/mol. The van der Waals surface area contributed by atoms with Crippen molar-refractivity contribution in [2.75, 3.05) is 18.2 Å². The quantitative estimate of drug-likeness (QED) is 0.151. The largest absolute Gasteiger partial charge is 0.504 e. The van der Waals surface area contributed by atoms with E-state index in [1.165, 1.54) is 25.1 Å². The number of carbonyl (C=O) groups excluding carboxylic acids is 1. The van der Waals surface area contributed by atoms with Crippen molar-refractivity contribution >= 4 is 41.2 Å². The molecule has 0 aliphatic heterocycles. The monoisotopic (exact) mass is 536 g/mol. The van der Waals surface area contributed by atoms with Crippen LogP contribution in [0.5, 0.6) is 11.5 Å². The number of phenols is 1. The van der Waals surface area contributed by atoms with Gasteiger partial charge in [0.15, 0.2) is 22.5 Å². The Kier molecular flexibility index (Phi) is 8.65. The van der Waals surface area contributed by atoms with Crippen LogP contribution in [0.2, 0.25) is 5.02 Å². The summed E-state index contributed by atoms with van der Waals surface area (Å²) in [4.78, 5) is 12.4. The number of phenolic OH excluding ortho intramolecular Hbond substituents is 1. The van der Waals surface area contributed by atoms with Gasteiger partial charge in [-0.3, -0.25) is 9.36 Å². The summed E-state index contributed by atoms with van der Waals surface area (Å²) < 4.78 is 6.99. The molecule has 0 saturated carbocycles. The summed E-state index contributed by atoms with van der Waals surface area (Å²) in [6.45, 7) is 2.40. The van der Waals surface area contributed by atoms with E-state index in [0.29, 0.717) is 33.9 Å². The fraction of sp³-hybridized carbons (Fsp3) is 0.154. The van der Waals surface area contributed by atoms with E-state index < -0.39 is 0 Å². The number of anilines is 1. The highest BCUT2D eigenvalue weighted by atomic mass is 35.5. The van der Waals surface area contributed by atoms with Gasteiger partial charge in [-0.25, -0.2) is 5.43 Å². The number of amides is 1. The molecule has 0 spiro atoms. The number of aromatic nitrogens is 3. The number of rotatable bonds is 10. The van der Waals surface area contributed by atoms with Gasteiger partial charge in [-0.2, -0.15) is 5.10 Å². The Morgan fingerprint density at radius 2 is 1.97 bits per heavy atom. The number of methoxy groups -OCH3 is 1. The van der Waals surface area contributed by atoms with E-state index in [-0.39, 0.29) is 17.4 Å². The molecule has 3 N–H and O–H groups in total. The molecule has 4 aromatic rings. The van der Waals surface area contributed by atoms with Gasteiger partial charge in [0.2, 0.25) is 0 Å². The van der Waals surface area contributed by atoms with Crippen LogP contribution in [0, 0.1) is 6.92 Å². The summed E-state index contributed by atoms with van der Waals surface area (Å²) in [6, 6.07) is 20.4. The summed E-state index contributed by atoms with van der Waals surface area (Å²) in [5, 5.41) is 27.4. The summed E-state index contributed by atoms with van der Waals surface area (Å²) >= 11 is 7.31. The van der Waals surface area contributed by atoms with Gasteiger partial charge < -0.3 is 15.2 Å². The maximum absolute atomic E-state index is 12.4. The van der Waals surface area contributed by atoms with E-state index in [1.807, 2.05) is 60.0 Å². The van der Waals surface area contributed by atoms with Crippen molar-refractivity contribution in [3.05, 3.63) is 88.7 Å². The fourth-order valence-electron chi connectivity index (χ4n) is 3.49. The molecule has 0 aliphatic carbocycles. The maximum atomic E-state index is 12.4. The number of nitrogens with one attached hydrogen (secondary N) is 2. The zero-order valence-corrected chi connectivity index (χ0v) is 21.8. The van der Waals surface area contributed by atoms with Crippen LogP contribution in [-0.2, 0) is 11.3 Å². The Hall–Kier alpha value is -4.02. The first-order chi connectivity index (χ1) is 18.0. The Bertz CT molecular complexity index is 1410. The number of hydrazone groups is 1. The second-order valence-corrected chi connectivity index (χ2v) is 9.24. The predicted octanol–water partition coefficient (Wildman–Crippen LogP) is 4.80. The van der Waals surface area contributed by atoms with Crippen molar-refractivity contribution in [3.63, 3.8) is 0 Å². The predicted molar refractivity (Wildman–Crippen MR) is 146 cm³/mol. The van der Waals surface area contributed by atoms with E-state index in [4.69, 9.17) is 16.3 Å². The number of benzene rings is 3. The molecule has 3 aromatic carbocycles. The van der Waals surface area contributed by atoms with Crippen LogP contribution in [0.4, 0.5) is 5.69 Å². The third kappa shape index (κ3) is 6.60. The molecule has 1 amide bonds. The lowest BCUT2D eigenvalue weighted by Gasteiger charge is -2.12. The number of ether oxygens (including phenoxy) is 1. The van der Waals surface area contributed by atoms with Crippen molar-refractivity contribution in [2.45, 2.75) is 18.6 Å². The molecule has 37 heavy (non-hydrogen) atoms. The SMILES string of the molecule is COc1cccc(C=NNC(=O)CSc2nnc(CNc3ccc(Cl)cc3C)n2-c2ccccc2)c1O. The molecule has 9 nitrogen and oxygen atoms in total. The molecule has 0 saturated heterocycles. The molecule has 0 atom stereocenters. The van der Waals surface area contributed by atoms with Crippen LogP contribution < -0.4 is 15.5 Å². The third-order valence-corrected chi connectivity index (χ3v) is 6.48. The van der Waals surface area contributed by atoms with Gasteiger partial charge in [-0.15, -0.1) is 10.2 Å². The van der Waals surface area contributed by atoms with Crippen LogP contribution in [0.15, 0.2) is 77.0 Å². The van der Waals surface area contributed by atoms with Gasteiger partial charge in [0.05, 0.1) is 25.6 Å². The molecular formula is C26H25ClN6O3S. The second kappa shape index (κ2) is 12.3. The Morgan fingerprint density at radius 3 is 2.73 bits per heavy atom. The number of nitrogens with zero attached hydrogens (tertiary/aromatic N) is 4. The van der Waals surface area contributed by atoms with Gasteiger partial charge in [0.1, 0.15) is 0 Å². The Labute approximate surface area is 223 Å². The van der Waals surface area contributed by atoms with Gasteiger partial charge in [0, 0.05) is 22.0 Å². The van der Waals surface area contributed by atoms with Crippen LogP contribution in [0.1, 0.15) is 17.0 Å². The average Bonchev–Trinajstić information content (AvgIpc) is 3.31. The number of thioether (sulfide) groups is 1. The lowest BCUT2D eigenvalue weighted by Crippen LogP contribution is -2.20. The van der Waals surface area contributed by atoms with E-state index in [9.17, 15) is 9.90 Å². The zero-order valence-electron chi connectivity index (χ0n) is 20.2. The van der Waals surface area contributed by atoms with Crippen LogP contribution in [-0.4, -0.2) is 44.9 Å². The molecule has 1 heterocycles. The van der Waals surface area contributed by atoms with E-state index in [1.54, 1.807) is 18.2 Å². The number of aryl methyl sites for hydroxylation is 1. The number of carbonyl (C=O) groups is 1. The minimum atomic E-state index is -0.331. The second-order valence-electron chi connectivity index (χ2n) is 7.86. The normalized spacial score (nSPS) is 11.0. The highest BCUT2D eigenvalue weighted by Crippen LogP contribution is 2.28. The average molecular weight is 537 g/mol. The highest BCUT2D eigenvalue weighted by Gasteiger charge is 2.16. The van der Waals surface area contributed by atoms with E-state index in [2.05, 4.69) is 26.0 Å². The standard InChI is InChI=1S/C26H25ClN6O3S/c1-17-13-19(27)11-12-21(17)28-15-23-30-32-26(33(23)20-8-4-3-5-9-20)37-16-24(34)31-29-14-18-7-6-10-22(36-2)25(18)35/h3-14,28,35H,15-16H2,1-2H3,(H,31,34). The molecule has 190 valence electrons. The summed E-state index contributed by atoms with van der Waals surface area (Å²) in [5.74, 6) is 0.694. The van der Waals surface area contributed by atoms with Crippen molar-refractivity contribution in [3.8, 4) is 17.2 Å². The number of hydrogen-bond donors (Lipinski definition) is 3. The van der Waals surface area contributed by atoms with Crippen LogP contribution >= 0.6 is 23.4 Å². The minimum absolute atomic E-state index is 0.0525. The molecule has 0 fully saturated rings. The van der Waals surface area contributed by atoms with Gasteiger partial charge in [-0.1, -0.05) is 47.6 Å². The van der Waals surface area contributed by atoms with Crippen molar-refractivity contribution < 1.29 is 14.6 Å². The van der Waals surface area contributed by atoms with Crippen LogP contribution in [0.25, 0.3) is 5.69 Å². The van der Waals surface area contributed by atoms with Crippen molar-refractivity contribution in [1.82, 2.24) is 20.2 Å². The molecule has 1 aromatic heterocycles. The topological polar surface area (TPSA) is 114 Å². The molecule has 0 radical (unpaired) electrons. The molecule has 4 rings (SSSR count). The zero-order chi connectivity index (χ0) is 26.2. The smallest absolute Gasteiger partial charge is 0.250 e. The maximum Gasteiger partial charge on any atom is 0.250 e. The molecule has 0 bridgehead atoms. The Balaban J connectivity index is 1.44. The first kappa shape index (κ1) is 26.1. The lowest BCUT2D eigenvalue weighted by atomic mass is 10.2. The van der Waals surface area contributed by atoms with Gasteiger partial charge in [0.25, 0.3) is 5.91 Å². The molecule has 11 heteroatoms. The van der Waals surface area contributed by atoms with E-state index in [0.717, 1.165) is 16.9 Å². The third-order valence-electron chi connectivity index (χ3n) is 5.32. The van der Waals surface area contributed by atoms with Gasteiger partial charge in [-0.05, 0) is 55.0 Å². The van der Waals surface area contributed by atoms with Gasteiger partial charge >= 0.3 is 0 Å². The number of aromatic hydroxyl groups is 1. The Morgan fingerprint density at radius 1 is 1.16 bits per heavy atom. The number of halogens is 1. The highest BCUT2D eigenvalue weighted by molar-refractivity contribution is 7.99. The fourth-order valence-corrected chi connectivity index (χ4v) is 4.48. The molecule has 0 aliphatic rings. The first-order valence-corrected chi connectivity index (χ1v) is 12.6. The van der Waals surface area contributed by atoms with Crippen molar-refractivity contribution in [2.24, 2.45) is 5.10 Å². The molecule has 0 unspecified atom stereocenters. The van der Waals surface area contributed by atoms with E-state index >= 15 is 0 Å². The number of para-hydroxylation sites is 2. The summed E-state index contributed by atoms with van der Waals surface area (Å²) in [7, 11) is 1.46. The number of hydrogen-bond acceptors (Lipinski definition) is 8. The van der Waals surface area contributed by atoms with Crippen molar-refractivity contribution in [1.29, 1.82) is 0 Å². The summed E-state index contributed by atoms with van der Waals surface area (Å²) in [6.07, 6.45) is 1.36. The minimum Gasteiger partial charge on any atom is -0.504 e. The summed E-state index contributed by atoms with van der Waals surface area (Å²) in [5.41, 5.74) is 5.73. The lowest BCUT2D eigenvalue weighted by molar-refractivity contribution is -0.118. The first-order valence-electron chi connectivity index (χ1n) is 11.3.